The van der Waals surface area contributed by atoms with Crippen molar-refractivity contribution in [2.24, 2.45) is 5.41 Å². The summed E-state index contributed by atoms with van der Waals surface area (Å²) in [5.74, 6) is -0.0516. The van der Waals surface area contributed by atoms with E-state index in [1.165, 1.54) is 19.3 Å². The van der Waals surface area contributed by atoms with E-state index in [9.17, 15) is 9.59 Å². The van der Waals surface area contributed by atoms with E-state index in [0.29, 0.717) is 30.7 Å². The molecule has 7 heteroatoms. The second-order valence-corrected chi connectivity index (χ2v) is 11.0. The fourth-order valence-corrected chi connectivity index (χ4v) is 6.89. The molecule has 4 aliphatic rings. The van der Waals surface area contributed by atoms with Crippen LogP contribution in [0.2, 0.25) is 0 Å². The maximum atomic E-state index is 13.0. The summed E-state index contributed by atoms with van der Waals surface area (Å²) >= 11 is 0. The number of carbonyl (C=O) groups is 2. The summed E-state index contributed by atoms with van der Waals surface area (Å²) in [5.41, 5.74) is 1.36. The van der Waals surface area contributed by atoms with Gasteiger partial charge in [0.15, 0.2) is 0 Å². The fourth-order valence-electron chi connectivity index (χ4n) is 6.89. The first-order valence-corrected chi connectivity index (χ1v) is 13.7. The third kappa shape index (κ3) is 5.51. The quantitative estimate of drug-likeness (QED) is 0.569. The third-order valence-electron chi connectivity index (χ3n) is 8.83. The van der Waals surface area contributed by atoms with Crippen molar-refractivity contribution in [3.8, 4) is 0 Å². The Labute approximate surface area is 209 Å². The summed E-state index contributed by atoms with van der Waals surface area (Å²) in [6, 6.07) is 11.0. The van der Waals surface area contributed by atoms with Crippen LogP contribution in [0, 0.1) is 5.41 Å². The summed E-state index contributed by atoms with van der Waals surface area (Å²) in [6.07, 6.45) is 8.80. The molecule has 0 aromatic heterocycles. The number of hydrogen-bond donors (Lipinski definition) is 0. The highest BCUT2D eigenvalue weighted by Gasteiger charge is 2.51. The normalized spacial score (nSPS) is 30.3. The largest absolute Gasteiger partial charge is 0.460 e. The molecule has 7 nitrogen and oxygen atoms in total. The van der Waals surface area contributed by atoms with Crippen molar-refractivity contribution >= 4 is 12.1 Å². The SMILES string of the molecule is CCOC(=O)N1CCC2(CC(N3CCC(N4CCCCC4C(=O)OCc4ccccc4)CC3)C2)C1. The Bertz CT molecular complexity index is 864. The van der Waals surface area contributed by atoms with Gasteiger partial charge in [-0.2, -0.15) is 0 Å². The number of esters is 1. The molecular formula is C28H41N3O4. The molecule has 5 rings (SSSR count). The van der Waals surface area contributed by atoms with Crippen molar-refractivity contribution in [1.29, 1.82) is 0 Å². The van der Waals surface area contributed by atoms with Gasteiger partial charge in [0, 0.05) is 25.2 Å². The van der Waals surface area contributed by atoms with Gasteiger partial charge in [-0.25, -0.2) is 4.79 Å². The number of carbonyl (C=O) groups excluding carboxylic acids is 2. The van der Waals surface area contributed by atoms with Crippen molar-refractivity contribution in [3.63, 3.8) is 0 Å². The lowest BCUT2D eigenvalue weighted by Crippen LogP contribution is -2.58. The third-order valence-corrected chi connectivity index (χ3v) is 8.83. The van der Waals surface area contributed by atoms with Gasteiger partial charge < -0.3 is 19.3 Å². The van der Waals surface area contributed by atoms with Crippen LogP contribution >= 0.6 is 0 Å². The number of likely N-dealkylation sites (tertiary alicyclic amines) is 3. The van der Waals surface area contributed by atoms with Crippen molar-refractivity contribution < 1.29 is 19.1 Å². The average Bonchev–Trinajstić information content (AvgIpc) is 3.34. The standard InChI is InChI=1S/C28H41N3O4/c1-2-34-27(33)30-17-13-28(21-30)18-24(19-28)29-15-11-23(12-16-29)31-14-7-6-10-25(31)26(32)35-20-22-8-4-3-5-9-22/h3-5,8-9,23-25H,2,6-7,10-21H2,1H3. The first kappa shape index (κ1) is 24.6. The van der Waals surface area contributed by atoms with Gasteiger partial charge in [0.25, 0.3) is 0 Å². The molecule has 1 saturated carbocycles. The Balaban J connectivity index is 1.08. The highest BCUT2D eigenvalue weighted by molar-refractivity contribution is 5.76. The highest BCUT2D eigenvalue weighted by Crippen LogP contribution is 2.50. The predicted molar refractivity (Wildman–Crippen MR) is 134 cm³/mol. The minimum atomic E-state index is -0.146. The second-order valence-electron chi connectivity index (χ2n) is 11.0. The molecule has 1 amide bonds. The Morgan fingerprint density at radius 2 is 1.71 bits per heavy atom. The molecule has 1 aromatic carbocycles. The molecule has 1 aromatic rings. The van der Waals surface area contributed by atoms with E-state index in [2.05, 4.69) is 9.80 Å². The molecule has 3 heterocycles. The summed E-state index contributed by atoms with van der Waals surface area (Å²) in [4.78, 5) is 32.1. The van der Waals surface area contributed by atoms with Gasteiger partial charge >= 0.3 is 12.1 Å². The molecule has 1 aliphatic carbocycles. The first-order chi connectivity index (χ1) is 17.1. The minimum absolute atomic E-state index is 0.0516. The van der Waals surface area contributed by atoms with Gasteiger partial charge in [-0.1, -0.05) is 36.8 Å². The minimum Gasteiger partial charge on any atom is -0.460 e. The molecule has 35 heavy (non-hydrogen) atoms. The zero-order chi connectivity index (χ0) is 24.3. The van der Waals surface area contributed by atoms with Crippen LogP contribution in [0.4, 0.5) is 4.79 Å². The van der Waals surface area contributed by atoms with Gasteiger partial charge in [0.05, 0.1) is 6.61 Å². The lowest BCUT2D eigenvalue weighted by molar-refractivity contribution is -0.154. The Morgan fingerprint density at radius 3 is 2.46 bits per heavy atom. The van der Waals surface area contributed by atoms with Crippen molar-refractivity contribution in [1.82, 2.24) is 14.7 Å². The van der Waals surface area contributed by atoms with E-state index >= 15 is 0 Å². The molecular weight excluding hydrogens is 442 g/mol. The molecule has 1 spiro atoms. The number of piperidine rings is 2. The summed E-state index contributed by atoms with van der Waals surface area (Å²) < 4.78 is 10.9. The number of amides is 1. The number of rotatable bonds is 6. The number of ether oxygens (including phenoxy) is 2. The molecule has 0 N–H and O–H groups in total. The Morgan fingerprint density at radius 1 is 0.943 bits per heavy atom. The van der Waals surface area contributed by atoms with Crippen LogP contribution in [0.15, 0.2) is 30.3 Å². The molecule has 3 saturated heterocycles. The van der Waals surface area contributed by atoms with Gasteiger partial charge in [-0.3, -0.25) is 9.69 Å². The summed E-state index contributed by atoms with van der Waals surface area (Å²) in [7, 11) is 0. The zero-order valence-electron chi connectivity index (χ0n) is 21.2. The van der Waals surface area contributed by atoms with Crippen LogP contribution in [-0.2, 0) is 20.9 Å². The second kappa shape index (κ2) is 10.9. The van der Waals surface area contributed by atoms with E-state index in [1.54, 1.807) is 0 Å². The van der Waals surface area contributed by atoms with Crippen LogP contribution in [0.5, 0.6) is 0 Å². The molecule has 192 valence electrons. The van der Waals surface area contributed by atoms with Gasteiger partial charge in [-0.05, 0) is 82.5 Å². The Hall–Kier alpha value is -2.12. The van der Waals surface area contributed by atoms with Gasteiger partial charge in [-0.15, -0.1) is 0 Å². The van der Waals surface area contributed by atoms with Gasteiger partial charge in [0.2, 0.25) is 0 Å². The van der Waals surface area contributed by atoms with Gasteiger partial charge in [0.1, 0.15) is 12.6 Å². The van der Waals surface area contributed by atoms with Crippen LogP contribution in [0.25, 0.3) is 0 Å². The van der Waals surface area contributed by atoms with Crippen molar-refractivity contribution in [2.45, 2.75) is 83.0 Å². The molecule has 3 aliphatic heterocycles. The number of hydrogen-bond acceptors (Lipinski definition) is 6. The van der Waals surface area contributed by atoms with E-state index < -0.39 is 0 Å². The molecule has 4 fully saturated rings. The molecule has 1 atom stereocenters. The highest BCUT2D eigenvalue weighted by atomic mass is 16.6. The number of nitrogens with zero attached hydrogens (tertiary/aromatic N) is 3. The predicted octanol–water partition coefficient (Wildman–Crippen LogP) is 4.06. The van der Waals surface area contributed by atoms with Crippen molar-refractivity contribution in [2.75, 3.05) is 39.3 Å². The number of benzene rings is 1. The maximum absolute atomic E-state index is 13.0. The molecule has 1 unspecified atom stereocenters. The smallest absolute Gasteiger partial charge is 0.409 e. The topological polar surface area (TPSA) is 62.3 Å². The van der Waals surface area contributed by atoms with Crippen molar-refractivity contribution in [3.05, 3.63) is 35.9 Å². The summed E-state index contributed by atoms with van der Waals surface area (Å²) in [6.45, 7) is 7.59. The van der Waals surface area contributed by atoms with Crippen LogP contribution in [-0.4, -0.2) is 84.2 Å². The first-order valence-electron chi connectivity index (χ1n) is 13.7. The van der Waals surface area contributed by atoms with Crippen LogP contribution in [0.3, 0.4) is 0 Å². The van der Waals surface area contributed by atoms with Crippen LogP contribution in [0.1, 0.15) is 63.9 Å². The zero-order valence-corrected chi connectivity index (χ0v) is 21.2. The summed E-state index contributed by atoms with van der Waals surface area (Å²) in [5, 5.41) is 0. The lowest BCUT2D eigenvalue weighted by atomic mass is 9.64. The fraction of sp³-hybridized carbons (Fsp3) is 0.714. The maximum Gasteiger partial charge on any atom is 0.409 e. The van der Waals surface area contributed by atoms with E-state index in [0.717, 1.165) is 70.4 Å². The monoisotopic (exact) mass is 483 g/mol. The van der Waals surface area contributed by atoms with E-state index in [4.69, 9.17) is 9.47 Å². The molecule has 0 radical (unpaired) electrons. The molecule has 0 bridgehead atoms. The van der Waals surface area contributed by atoms with E-state index in [-0.39, 0.29) is 18.1 Å². The van der Waals surface area contributed by atoms with E-state index in [1.807, 2.05) is 42.2 Å². The Kier molecular flexibility index (Phi) is 7.63. The average molecular weight is 484 g/mol. The van der Waals surface area contributed by atoms with Crippen LogP contribution < -0.4 is 0 Å². The lowest BCUT2D eigenvalue weighted by Gasteiger charge is -2.52.